The molecule has 0 amide bonds. The van der Waals surface area contributed by atoms with E-state index in [4.69, 9.17) is 0 Å². The first kappa shape index (κ1) is 19.8. The largest absolute Gasteiger partial charge is 0.368 e. The zero-order valence-electron chi connectivity index (χ0n) is 16.4. The number of benzene rings is 1. The zero-order valence-corrected chi connectivity index (χ0v) is 16.4. The molecule has 1 aromatic carbocycles. The van der Waals surface area contributed by atoms with Crippen molar-refractivity contribution in [3.05, 3.63) is 24.3 Å². The molecule has 0 heterocycles. The third-order valence-electron chi connectivity index (χ3n) is 4.12. The molecule has 0 aliphatic rings. The van der Waals surface area contributed by atoms with Crippen molar-refractivity contribution in [3.8, 4) is 0 Å². The minimum Gasteiger partial charge on any atom is -0.368 e. The van der Waals surface area contributed by atoms with E-state index in [1.54, 1.807) is 0 Å². The van der Waals surface area contributed by atoms with Crippen LogP contribution in [0.3, 0.4) is 0 Å². The highest BCUT2D eigenvalue weighted by molar-refractivity contribution is 5.57. The van der Waals surface area contributed by atoms with Crippen molar-refractivity contribution in [3.63, 3.8) is 0 Å². The molecule has 0 radical (unpaired) electrons. The molecule has 3 heteroatoms. The first-order valence-corrected chi connectivity index (χ1v) is 9.12. The number of hydrogen-bond acceptors (Lipinski definition) is 3. The van der Waals surface area contributed by atoms with E-state index in [2.05, 4.69) is 94.8 Å². The van der Waals surface area contributed by atoms with Crippen molar-refractivity contribution in [2.45, 2.75) is 79.6 Å². The first-order chi connectivity index (χ1) is 10.7. The lowest BCUT2D eigenvalue weighted by atomic mass is 10.1. The Balaban J connectivity index is 2.86. The fourth-order valence-corrected chi connectivity index (χ4v) is 3.17. The van der Waals surface area contributed by atoms with Gasteiger partial charge in [-0.05, 0) is 65.8 Å². The van der Waals surface area contributed by atoms with E-state index in [-0.39, 0.29) is 0 Å². The van der Waals surface area contributed by atoms with Crippen LogP contribution < -0.4 is 15.1 Å². The summed E-state index contributed by atoms with van der Waals surface area (Å²) in [6.07, 6.45) is 0. The van der Waals surface area contributed by atoms with Gasteiger partial charge in [0.15, 0.2) is 0 Å². The molecule has 0 aromatic heterocycles. The highest BCUT2D eigenvalue weighted by atomic mass is 15.2. The molecule has 1 rings (SSSR count). The van der Waals surface area contributed by atoms with Crippen LogP contribution in [-0.4, -0.2) is 37.3 Å². The molecule has 1 N–H and O–H groups in total. The fraction of sp³-hybridized carbons (Fsp3) is 0.700. The molecular formula is C20H37N3. The second-order valence-corrected chi connectivity index (χ2v) is 7.51. The molecule has 132 valence electrons. The van der Waals surface area contributed by atoms with Gasteiger partial charge in [-0.2, -0.15) is 0 Å². The maximum Gasteiger partial charge on any atom is 0.0372 e. The Morgan fingerprint density at radius 3 is 1.61 bits per heavy atom. The van der Waals surface area contributed by atoms with Crippen molar-refractivity contribution in [1.29, 1.82) is 0 Å². The Hall–Kier alpha value is -1.22. The minimum absolute atomic E-state index is 0.501. The van der Waals surface area contributed by atoms with Gasteiger partial charge in [-0.1, -0.05) is 13.8 Å². The Morgan fingerprint density at radius 1 is 0.739 bits per heavy atom. The lowest BCUT2D eigenvalue weighted by molar-refractivity contribution is 0.565. The summed E-state index contributed by atoms with van der Waals surface area (Å²) in [7, 11) is 0. The van der Waals surface area contributed by atoms with Gasteiger partial charge in [0.25, 0.3) is 0 Å². The van der Waals surface area contributed by atoms with Crippen LogP contribution in [0.4, 0.5) is 11.4 Å². The van der Waals surface area contributed by atoms with E-state index in [0.717, 1.165) is 13.1 Å². The molecule has 0 aliphatic heterocycles. The summed E-state index contributed by atoms with van der Waals surface area (Å²) in [5.74, 6) is 0. The van der Waals surface area contributed by atoms with E-state index >= 15 is 0 Å². The van der Waals surface area contributed by atoms with Crippen LogP contribution in [-0.2, 0) is 0 Å². The molecule has 0 atom stereocenters. The average Bonchev–Trinajstić information content (AvgIpc) is 2.43. The van der Waals surface area contributed by atoms with E-state index < -0.39 is 0 Å². The Labute approximate surface area is 144 Å². The Bertz CT molecular complexity index is 427. The van der Waals surface area contributed by atoms with Crippen LogP contribution in [0.2, 0.25) is 0 Å². The van der Waals surface area contributed by atoms with Crippen molar-refractivity contribution in [1.82, 2.24) is 5.32 Å². The zero-order chi connectivity index (χ0) is 17.6. The van der Waals surface area contributed by atoms with Crippen LogP contribution in [0.1, 0.15) is 55.4 Å². The number of nitrogens with zero attached hydrogens (tertiary/aromatic N) is 2. The molecule has 0 fully saturated rings. The summed E-state index contributed by atoms with van der Waals surface area (Å²) in [5.41, 5.74) is 2.62. The molecule has 1 aromatic rings. The average molecular weight is 320 g/mol. The quantitative estimate of drug-likeness (QED) is 0.722. The standard InChI is InChI=1S/C20H37N3/c1-15(2)21-13-14-22(16(3)4)19-9-11-20(12-10-19)23(17(5)6)18(7)8/h9-12,15-18,21H,13-14H2,1-8H3. The van der Waals surface area contributed by atoms with Gasteiger partial charge < -0.3 is 15.1 Å². The Kier molecular flexibility index (Phi) is 7.90. The van der Waals surface area contributed by atoms with Gasteiger partial charge >= 0.3 is 0 Å². The third-order valence-corrected chi connectivity index (χ3v) is 4.12. The number of nitrogens with one attached hydrogen (secondary N) is 1. The van der Waals surface area contributed by atoms with Crippen molar-refractivity contribution >= 4 is 11.4 Å². The lowest BCUT2D eigenvalue weighted by Crippen LogP contribution is -2.39. The van der Waals surface area contributed by atoms with Crippen LogP contribution >= 0.6 is 0 Å². The summed E-state index contributed by atoms with van der Waals surface area (Å²) >= 11 is 0. The van der Waals surface area contributed by atoms with E-state index in [1.165, 1.54) is 11.4 Å². The van der Waals surface area contributed by atoms with Crippen LogP contribution in [0, 0.1) is 0 Å². The molecule has 0 saturated carbocycles. The third kappa shape index (κ3) is 6.06. The maximum atomic E-state index is 3.51. The van der Waals surface area contributed by atoms with Crippen molar-refractivity contribution in [2.75, 3.05) is 22.9 Å². The van der Waals surface area contributed by atoms with Crippen LogP contribution in [0.25, 0.3) is 0 Å². The van der Waals surface area contributed by atoms with Gasteiger partial charge in [0, 0.05) is 48.6 Å². The van der Waals surface area contributed by atoms with Gasteiger partial charge in [0.1, 0.15) is 0 Å². The van der Waals surface area contributed by atoms with Gasteiger partial charge in [-0.15, -0.1) is 0 Å². The summed E-state index contributed by atoms with van der Waals surface area (Å²) in [6.45, 7) is 20.0. The van der Waals surface area contributed by atoms with Gasteiger partial charge in [0.2, 0.25) is 0 Å². The number of anilines is 2. The summed E-state index contributed by atoms with van der Waals surface area (Å²) in [5, 5.41) is 3.51. The highest BCUT2D eigenvalue weighted by Crippen LogP contribution is 2.25. The first-order valence-electron chi connectivity index (χ1n) is 9.12. The molecule has 23 heavy (non-hydrogen) atoms. The van der Waals surface area contributed by atoms with E-state index in [9.17, 15) is 0 Å². The molecule has 0 unspecified atom stereocenters. The SMILES string of the molecule is CC(C)NCCN(c1ccc(N(C(C)C)C(C)C)cc1)C(C)C. The lowest BCUT2D eigenvalue weighted by Gasteiger charge is -2.34. The van der Waals surface area contributed by atoms with Gasteiger partial charge in [0.05, 0.1) is 0 Å². The molecule has 0 bridgehead atoms. The van der Waals surface area contributed by atoms with Gasteiger partial charge in [-0.25, -0.2) is 0 Å². The summed E-state index contributed by atoms with van der Waals surface area (Å²) in [6, 6.07) is 11.1. The van der Waals surface area contributed by atoms with E-state index in [0.29, 0.717) is 24.2 Å². The van der Waals surface area contributed by atoms with Crippen molar-refractivity contribution < 1.29 is 0 Å². The summed E-state index contributed by atoms with van der Waals surface area (Å²) < 4.78 is 0. The highest BCUT2D eigenvalue weighted by Gasteiger charge is 2.15. The predicted octanol–water partition coefficient (Wildman–Crippen LogP) is 4.52. The number of hydrogen-bond donors (Lipinski definition) is 1. The van der Waals surface area contributed by atoms with Crippen LogP contribution in [0.5, 0.6) is 0 Å². The van der Waals surface area contributed by atoms with Crippen LogP contribution in [0.15, 0.2) is 24.3 Å². The second kappa shape index (κ2) is 9.17. The summed E-state index contributed by atoms with van der Waals surface area (Å²) in [4.78, 5) is 4.93. The molecule has 3 nitrogen and oxygen atoms in total. The normalized spacial score (nSPS) is 11.8. The maximum absolute atomic E-state index is 3.51. The topological polar surface area (TPSA) is 18.5 Å². The number of rotatable bonds is 9. The molecule has 0 aliphatic carbocycles. The molecule has 0 saturated heterocycles. The fourth-order valence-electron chi connectivity index (χ4n) is 3.17. The molecule has 0 spiro atoms. The van der Waals surface area contributed by atoms with E-state index in [1.807, 2.05) is 0 Å². The van der Waals surface area contributed by atoms with Gasteiger partial charge in [-0.3, -0.25) is 0 Å². The van der Waals surface area contributed by atoms with Crippen molar-refractivity contribution in [2.24, 2.45) is 0 Å². The second-order valence-electron chi connectivity index (χ2n) is 7.51. The minimum atomic E-state index is 0.501. The Morgan fingerprint density at radius 2 is 1.22 bits per heavy atom. The molecular weight excluding hydrogens is 282 g/mol. The monoisotopic (exact) mass is 319 g/mol. The predicted molar refractivity (Wildman–Crippen MR) is 105 cm³/mol. The smallest absolute Gasteiger partial charge is 0.0372 e.